The average Bonchev–Trinajstić information content (AvgIpc) is 3.08. The SMILES string of the molecule is CNC(=O)C[C@H]1COCCN1C(=O)CNS(=O)(=O)c1cccs1. The van der Waals surface area contributed by atoms with E-state index in [9.17, 15) is 18.0 Å². The summed E-state index contributed by atoms with van der Waals surface area (Å²) in [5.41, 5.74) is 0. The van der Waals surface area contributed by atoms with Crippen LogP contribution in [0.5, 0.6) is 0 Å². The van der Waals surface area contributed by atoms with Crippen molar-refractivity contribution in [2.45, 2.75) is 16.7 Å². The lowest BCUT2D eigenvalue weighted by molar-refractivity contribution is -0.140. The van der Waals surface area contributed by atoms with E-state index in [1.54, 1.807) is 11.4 Å². The fourth-order valence-corrected chi connectivity index (χ4v) is 4.23. The van der Waals surface area contributed by atoms with Crippen LogP contribution < -0.4 is 10.0 Å². The smallest absolute Gasteiger partial charge is 0.250 e. The third kappa shape index (κ3) is 4.74. The topological polar surface area (TPSA) is 105 Å². The minimum Gasteiger partial charge on any atom is -0.377 e. The predicted octanol–water partition coefficient (Wildman–Crippen LogP) is -0.610. The molecule has 2 rings (SSSR count). The maximum absolute atomic E-state index is 12.3. The molecule has 0 unspecified atom stereocenters. The molecule has 1 aliphatic heterocycles. The molecule has 128 valence electrons. The molecule has 10 heteroatoms. The van der Waals surface area contributed by atoms with Gasteiger partial charge in [0, 0.05) is 20.0 Å². The highest BCUT2D eigenvalue weighted by Gasteiger charge is 2.29. The first-order chi connectivity index (χ1) is 10.9. The molecule has 0 spiro atoms. The number of nitrogens with one attached hydrogen (secondary N) is 2. The van der Waals surface area contributed by atoms with Crippen molar-refractivity contribution in [2.75, 3.05) is 33.4 Å². The third-order valence-corrected chi connectivity index (χ3v) is 6.22. The van der Waals surface area contributed by atoms with Gasteiger partial charge in [0.05, 0.1) is 25.8 Å². The summed E-state index contributed by atoms with van der Waals surface area (Å²) in [6.45, 7) is 0.621. The number of hydrogen-bond donors (Lipinski definition) is 2. The Bertz CT molecular complexity index is 645. The Kier molecular flexibility index (Phi) is 6.10. The second-order valence-electron chi connectivity index (χ2n) is 4.95. The molecule has 1 saturated heterocycles. The largest absolute Gasteiger partial charge is 0.377 e. The molecule has 1 aliphatic rings. The van der Waals surface area contributed by atoms with Crippen molar-refractivity contribution in [2.24, 2.45) is 0 Å². The number of carbonyl (C=O) groups is 2. The number of hydrogen-bond acceptors (Lipinski definition) is 6. The van der Waals surface area contributed by atoms with Crippen molar-refractivity contribution < 1.29 is 22.7 Å². The summed E-state index contributed by atoms with van der Waals surface area (Å²) in [6, 6.07) is 2.71. The molecule has 1 aromatic heterocycles. The second kappa shape index (κ2) is 7.86. The van der Waals surface area contributed by atoms with Crippen molar-refractivity contribution in [1.82, 2.24) is 14.9 Å². The fraction of sp³-hybridized carbons (Fsp3) is 0.538. The van der Waals surface area contributed by atoms with Crippen LogP contribution in [0.15, 0.2) is 21.7 Å². The molecule has 0 aromatic carbocycles. The van der Waals surface area contributed by atoms with Gasteiger partial charge in [0.15, 0.2) is 0 Å². The van der Waals surface area contributed by atoms with Crippen LogP contribution in [0, 0.1) is 0 Å². The monoisotopic (exact) mass is 361 g/mol. The summed E-state index contributed by atoms with van der Waals surface area (Å²) < 4.78 is 31.8. The van der Waals surface area contributed by atoms with Gasteiger partial charge >= 0.3 is 0 Å². The van der Waals surface area contributed by atoms with Gasteiger partial charge in [-0.25, -0.2) is 13.1 Å². The summed E-state index contributed by atoms with van der Waals surface area (Å²) in [6.07, 6.45) is 0.125. The highest BCUT2D eigenvalue weighted by Crippen LogP contribution is 2.15. The van der Waals surface area contributed by atoms with E-state index in [4.69, 9.17) is 4.74 Å². The van der Waals surface area contributed by atoms with E-state index in [1.807, 2.05) is 0 Å². The van der Waals surface area contributed by atoms with Gasteiger partial charge in [-0.05, 0) is 11.4 Å². The number of morpholine rings is 1. The molecule has 2 amide bonds. The zero-order valence-corrected chi connectivity index (χ0v) is 14.3. The highest BCUT2D eigenvalue weighted by molar-refractivity contribution is 7.91. The first-order valence-electron chi connectivity index (χ1n) is 7.05. The predicted molar refractivity (Wildman–Crippen MR) is 84.5 cm³/mol. The Morgan fingerprint density at radius 2 is 2.26 bits per heavy atom. The van der Waals surface area contributed by atoms with Crippen molar-refractivity contribution in [3.05, 3.63) is 17.5 Å². The molecule has 2 N–H and O–H groups in total. The van der Waals surface area contributed by atoms with Crippen LogP contribution >= 0.6 is 11.3 Å². The van der Waals surface area contributed by atoms with Crippen LogP contribution in [-0.2, 0) is 24.3 Å². The zero-order valence-electron chi connectivity index (χ0n) is 12.6. The zero-order chi connectivity index (χ0) is 16.9. The van der Waals surface area contributed by atoms with E-state index < -0.39 is 10.0 Å². The van der Waals surface area contributed by atoms with Gasteiger partial charge < -0.3 is 15.0 Å². The molecule has 8 nitrogen and oxygen atoms in total. The Hall–Kier alpha value is -1.49. The summed E-state index contributed by atoms with van der Waals surface area (Å²) in [7, 11) is -2.16. The van der Waals surface area contributed by atoms with Gasteiger partial charge in [-0.3, -0.25) is 9.59 Å². The van der Waals surface area contributed by atoms with E-state index >= 15 is 0 Å². The van der Waals surface area contributed by atoms with Crippen LogP contribution in [0.3, 0.4) is 0 Å². The summed E-state index contributed by atoms with van der Waals surface area (Å²) in [5.74, 6) is -0.570. The Balaban J connectivity index is 1.96. The molecule has 2 heterocycles. The Morgan fingerprint density at radius 1 is 1.48 bits per heavy atom. The van der Waals surface area contributed by atoms with Gasteiger partial charge in [-0.1, -0.05) is 6.07 Å². The van der Waals surface area contributed by atoms with Gasteiger partial charge in [0.25, 0.3) is 10.0 Å². The Morgan fingerprint density at radius 3 is 2.91 bits per heavy atom. The molecule has 23 heavy (non-hydrogen) atoms. The highest BCUT2D eigenvalue weighted by atomic mass is 32.2. The lowest BCUT2D eigenvalue weighted by Gasteiger charge is -2.35. The summed E-state index contributed by atoms with van der Waals surface area (Å²) in [5, 5.41) is 4.15. The van der Waals surface area contributed by atoms with E-state index in [1.165, 1.54) is 18.0 Å². The van der Waals surface area contributed by atoms with Crippen LogP contribution in [-0.4, -0.2) is 64.5 Å². The first kappa shape index (κ1) is 17.9. The maximum atomic E-state index is 12.3. The number of sulfonamides is 1. The number of carbonyl (C=O) groups excluding carboxylic acids is 2. The second-order valence-corrected chi connectivity index (χ2v) is 7.89. The van der Waals surface area contributed by atoms with Crippen molar-refractivity contribution in [3.8, 4) is 0 Å². The number of nitrogens with zero attached hydrogens (tertiary/aromatic N) is 1. The van der Waals surface area contributed by atoms with Gasteiger partial charge in [0.2, 0.25) is 11.8 Å². The molecule has 0 bridgehead atoms. The van der Waals surface area contributed by atoms with E-state index in [-0.39, 0.29) is 41.6 Å². The van der Waals surface area contributed by atoms with Gasteiger partial charge in [-0.2, -0.15) is 0 Å². The van der Waals surface area contributed by atoms with Crippen LogP contribution in [0.4, 0.5) is 0 Å². The number of thiophene rings is 1. The Labute approximate surface area is 138 Å². The lowest BCUT2D eigenvalue weighted by atomic mass is 10.1. The summed E-state index contributed by atoms with van der Waals surface area (Å²) >= 11 is 1.08. The van der Waals surface area contributed by atoms with Crippen LogP contribution in [0.1, 0.15) is 6.42 Å². The number of amides is 2. The molecular weight excluding hydrogens is 342 g/mol. The number of rotatable bonds is 6. The number of ether oxygens (including phenoxy) is 1. The van der Waals surface area contributed by atoms with Crippen molar-refractivity contribution in [3.63, 3.8) is 0 Å². The molecular formula is C13H19N3O5S2. The van der Waals surface area contributed by atoms with Crippen LogP contribution in [0.25, 0.3) is 0 Å². The van der Waals surface area contributed by atoms with Crippen molar-refractivity contribution in [1.29, 1.82) is 0 Å². The standard InChI is InChI=1S/C13H19N3O5S2/c1-14-11(17)7-10-9-21-5-4-16(10)12(18)8-15-23(19,20)13-3-2-6-22-13/h2-3,6,10,15H,4-5,7-9H2,1H3,(H,14,17)/t10-/m0/s1. The normalized spacial score (nSPS) is 18.7. The molecule has 1 fully saturated rings. The van der Waals surface area contributed by atoms with Crippen molar-refractivity contribution >= 4 is 33.2 Å². The average molecular weight is 361 g/mol. The first-order valence-corrected chi connectivity index (χ1v) is 9.41. The minimum absolute atomic E-state index is 0.125. The maximum Gasteiger partial charge on any atom is 0.250 e. The fourth-order valence-electron chi connectivity index (χ4n) is 2.21. The van der Waals surface area contributed by atoms with Crippen LogP contribution in [0.2, 0.25) is 0 Å². The van der Waals surface area contributed by atoms with E-state index in [2.05, 4.69) is 10.0 Å². The van der Waals surface area contributed by atoms with E-state index in [0.29, 0.717) is 13.2 Å². The molecule has 1 atom stereocenters. The van der Waals surface area contributed by atoms with E-state index in [0.717, 1.165) is 11.3 Å². The van der Waals surface area contributed by atoms with Gasteiger partial charge in [-0.15, -0.1) is 11.3 Å². The molecule has 1 aromatic rings. The molecule has 0 radical (unpaired) electrons. The molecule has 0 saturated carbocycles. The lowest BCUT2D eigenvalue weighted by Crippen LogP contribution is -2.53. The summed E-state index contributed by atoms with van der Waals surface area (Å²) in [4.78, 5) is 25.3. The quantitative estimate of drug-likeness (QED) is 0.703. The third-order valence-electron chi connectivity index (χ3n) is 3.42. The van der Waals surface area contributed by atoms with Gasteiger partial charge in [0.1, 0.15) is 4.21 Å². The molecule has 0 aliphatic carbocycles. The minimum atomic E-state index is -3.69.